The van der Waals surface area contributed by atoms with Crippen molar-refractivity contribution in [3.05, 3.63) is 60.3 Å². The van der Waals surface area contributed by atoms with Gasteiger partial charge in [0.15, 0.2) is 11.0 Å². The van der Waals surface area contributed by atoms with Crippen LogP contribution in [0.5, 0.6) is 0 Å². The lowest BCUT2D eigenvalue weighted by Crippen LogP contribution is -2.26. The minimum absolute atomic E-state index is 0.0580. The van der Waals surface area contributed by atoms with E-state index in [0.717, 1.165) is 33.7 Å². The van der Waals surface area contributed by atoms with Crippen molar-refractivity contribution in [3.63, 3.8) is 0 Å². The summed E-state index contributed by atoms with van der Waals surface area (Å²) >= 11 is 1.44. The van der Waals surface area contributed by atoms with Gasteiger partial charge in [-0.25, -0.2) is 9.97 Å². The third-order valence-electron chi connectivity index (χ3n) is 5.22. The molecular formula is C26H32N8O2S. The number of fused-ring (bicyclic) bond motifs is 1. The molecule has 2 aromatic heterocycles. The van der Waals surface area contributed by atoms with Crippen LogP contribution in [-0.2, 0) is 16.1 Å². The van der Waals surface area contributed by atoms with E-state index < -0.39 is 0 Å². The maximum absolute atomic E-state index is 12.0. The molecule has 0 spiro atoms. The van der Waals surface area contributed by atoms with E-state index in [1.165, 1.54) is 11.8 Å². The van der Waals surface area contributed by atoms with Crippen LogP contribution in [0.3, 0.4) is 0 Å². The molecule has 0 radical (unpaired) electrons. The van der Waals surface area contributed by atoms with Gasteiger partial charge in [-0.05, 0) is 76.4 Å². The molecule has 0 atom stereocenters. The van der Waals surface area contributed by atoms with Crippen LogP contribution in [-0.4, -0.2) is 83.8 Å². The second-order valence-electron chi connectivity index (χ2n) is 9.04. The molecule has 0 aliphatic carbocycles. The minimum Gasteiger partial charge on any atom is -0.374 e. The van der Waals surface area contributed by atoms with Gasteiger partial charge in [-0.15, -0.1) is 0 Å². The summed E-state index contributed by atoms with van der Waals surface area (Å²) in [7, 11) is 7.74. The average molecular weight is 521 g/mol. The lowest BCUT2D eigenvalue weighted by molar-refractivity contribution is -0.116. The maximum atomic E-state index is 12.0. The average Bonchev–Trinajstić information content (AvgIpc) is 3.25. The molecule has 10 nitrogen and oxygen atoms in total. The van der Waals surface area contributed by atoms with Crippen molar-refractivity contribution in [2.24, 2.45) is 0 Å². The van der Waals surface area contributed by atoms with Crippen molar-refractivity contribution in [2.45, 2.75) is 16.7 Å². The molecule has 0 aliphatic heterocycles. The number of carbonyl (C=O) groups is 1. The minimum atomic E-state index is -0.0580. The molecular weight excluding hydrogens is 488 g/mol. The van der Waals surface area contributed by atoms with Gasteiger partial charge in [-0.3, -0.25) is 9.89 Å². The Morgan fingerprint density at radius 2 is 1.81 bits per heavy atom. The lowest BCUT2D eigenvalue weighted by Gasteiger charge is -2.12. The zero-order valence-corrected chi connectivity index (χ0v) is 22.3. The van der Waals surface area contributed by atoms with Crippen LogP contribution >= 0.6 is 11.8 Å². The Balaban J connectivity index is 1.51. The molecule has 37 heavy (non-hydrogen) atoms. The first-order chi connectivity index (χ1) is 17.9. The molecule has 0 bridgehead atoms. The van der Waals surface area contributed by atoms with Crippen LogP contribution in [0.15, 0.2) is 64.6 Å². The largest absolute Gasteiger partial charge is 0.374 e. The van der Waals surface area contributed by atoms with E-state index in [0.29, 0.717) is 36.6 Å². The van der Waals surface area contributed by atoms with Gasteiger partial charge in [0.1, 0.15) is 5.82 Å². The summed E-state index contributed by atoms with van der Waals surface area (Å²) in [6.07, 6.45) is 0. The lowest BCUT2D eigenvalue weighted by atomic mass is 10.2. The zero-order chi connectivity index (χ0) is 26.2. The van der Waals surface area contributed by atoms with Crippen molar-refractivity contribution in [1.29, 1.82) is 0 Å². The molecule has 0 fully saturated rings. The SMILES string of the molecule is CN(C)CCOCc1cc(Nc2n[nH]c3ccccc23)nc(Sc2ccc(NC(=O)CN(C)C)cc2)n1. The number of aromatic nitrogens is 4. The van der Waals surface area contributed by atoms with Gasteiger partial charge in [0.25, 0.3) is 0 Å². The molecule has 11 heteroatoms. The van der Waals surface area contributed by atoms with E-state index in [4.69, 9.17) is 14.7 Å². The van der Waals surface area contributed by atoms with Crippen LogP contribution in [0.25, 0.3) is 10.9 Å². The number of amides is 1. The Bertz CT molecular complexity index is 1320. The van der Waals surface area contributed by atoms with Gasteiger partial charge in [0.2, 0.25) is 5.91 Å². The Hall–Kier alpha value is -3.51. The van der Waals surface area contributed by atoms with Gasteiger partial charge < -0.3 is 25.2 Å². The van der Waals surface area contributed by atoms with Gasteiger partial charge in [-0.1, -0.05) is 12.1 Å². The van der Waals surface area contributed by atoms with Gasteiger partial charge in [0, 0.05) is 28.6 Å². The number of benzene rings is 2. The van der Waals surface area contributed by atoms with E-state index in [2.05, 4.69) is 25.7 Å². The predicted octanol–water partition coefficient (Wildman–Crippen LogP) is 3.83. The number of para-hydroxylation sites is 1. The number of carbonyl (C=O) groups excluding carboxylic acids is 1. The molecule has 2 heterocycles. The standard InChI is InChI=1S/C26H32N8O2S/c1-33(2)13-14-36-17-19-15-23(29-25-21-7-5-6-8-22(21)31-32-25)30-26(28-19)37-20-11-9-18(10-12-20)27-24(35)16-34(3)4/h5-12,15H,13-14,16-17H2,1-4H3,(H,27,35)(H2,28,29,30,31,32). The van der Waals surface area contributed by atoms with Crippen LogP contribution in [0.2, 0.25) is 0 Å². The molecule has 0 saturated heterocycles. The van der Waals surface area contributed by atoms with Crippen molar-refractivity contribution >= 4 is 45.9 Å². The number of ether oxygens (including phenoxy) is 1. The quantitative estimate of drug-likeness (QED) is 0.190. The van der Waals surface area contributed by atoms with Crippen LogP contribution in [0.1, 0.15) is 5.69 Å². The number of nitrogens with zero attached hydrogens (tertiary/aromatic N) is 5. The predicted molar refractivity (Wildman–Crippen MR) is 147 cm³/mol. The molecule has 0 saturated carbocycles. The monoisotopic (exact) mass is 520 g/mol. The van der Waals surface area contributed by atoms with E-state index in [-0.39, 0.29) is 5.91 Å². The Morgan fingerprint density at radius 1 is 1.03 bits per heavy atom. The third-order valence-corrected chi connectivity index (χ3v) is 6.09. The number of H-pyrrole nitrogens is 1. The number of hydrogen-bond acceptors (Lipinski definition) is 9. The molecule has 3 N–H and O–H groups in total. The fourth-order valence-electron chi connectivity index (χ4n) is 3.46. The number of hydrogen-bond donors (Lipinski definition) is 3. The van der Waals surface area contributed by atoms with Crippen molar-refractivity contribution in [1.82, 2.24) is 30.0 Å². The van der Waals surface area contributed by atoms with Crippen molar-refractivity contribution in [3.8, 4) is 0 Å². The normalized spacial score (nSPS) is 11.4. The van der Waals surface area contributed by atoms with Crippen molar-refractivity contribution < 1.29 is 9.53 Å². The molecule has 2 aromatic carbocycles. The number of likely N-dealkylation sites (N-methyl/N-ethyl adjacent to an activating group) is 2. The Kier molecular flexibility index (Phi) is 9.07. The highest BCUT2D eigenvalue weighted by Crippen LogP contribution is 2.29. The highest BCUT2D eigenvalue weighted by atomic mass is 32.2. The second kappa shape index (κ2) is 12.6. The van der Waals surface area contributed by atoms with E-state index >= 15 is 0 Å². The van der Waals surface area contributed by atoms with Gasteiger partial charge >= 0.3 is 0 Å². The van der Waals surface area contributed by atoms with E-state index in [1.807, 2.05) is 87.7 Å². The summed E-state index contributed by atoms with van der Waals surface area (Å²) in [6.45, 7) is 2.13. The highest BCUT2D eigenvalue weighted by molar-refractivity contribution is 7.99. The van der Waals surface area contributed by atoms with E-state index in [9.17, 15) is 4.79 Å². The Morgan fingerprint density at radius 3 is 2.57 bits per heavy atom. The smallest absolute Gasteiger partial charge is 0.238 e. The fourth-order valence-corrected chi connectivity index (χ4v) is 4.25. The van der Waals surface area contributed by atoms with Gasteiger partial charge in [0.05, 0.1) is 31.0 Å². The van der Waals surface area contributed by atoms with Crippen molar-refractivity contribution in [2.75, 3.05) is 58.5 Å². The summed E-state index contributed by atoms with van der Waals surface area (Å²) in [4.78, 5) is 26.3. The molecule has 1 amide bonds. The molecule has 4 rings (SSSR count). The number of aromatic amines is 1. The first-order valence-electron chi connectivity index (χ1n) is 11.9. The second-order valence-corrected chi connectivity index (χ2v) is 10.1. The summed E-state index contributed by atoms with van der Waals surface area (Å²) in [5, 5.41) is 15.2. The maximum Gasteiger partial charge on any atom is 0.238 e. The summed E-state index contributed by atoms with van der Waals surface area (Å²) in [5.74, 6) is 1.27. The number of anilines is 3. The summed E-state index contributed by atoms with van der Waals surface area (Å²) < 4.78 is 5.84. The summed E-state index contributed by atoms with van der Waals surface area (Å²) in [6, 6.07) is 17.4. The van der Waals surface area contributed by atoms with Crippen LogP contribution in [0, 0.1) is 0 Å². The number of rotatable bonds is 12. The molecule has 0 unspecified atom stereocenters. The molecule has 194 valence electrons. The molecule has 4 aromatic rings. The fraction of sp³-hybridized carbons (Fsp3) is 0.308. The van der Waals surface area contributed by atoms with E-state index in [1.54, 1.807) is 0 Å². The zero-order valence-electron chi connectivity index (χ0n) is 21.5. The van der Waals surface area contributed by atoms with Crippen LogP contribution < -0.4 is 10.6 Å². The first kappa shape index (κ1) is 26.6. The summed E-state index contributed by atoms with van der Waals surface area (Å²) in [5.41, 5.74) is 2.46. The molecule has 0 aliphatic rings. The highest BCUT2D eigenvalue weighted by Gasteiger charge is 2.11. The first-order valence-corrected chi connectivity index (χ1v) is 12.7. The Labute approximate surface area is 220 Å². The third kappa shape index (κ3) is 7.99. The van der Waals surface area contributed by atoms with Gasteiger partial charge in [-0.2, -0.15) is 5.10 Å². The van der Waals surface area contributed by atoms with Crippen LogP contribution in [0.4, 0.5) is 17.3 Å². The topological polar surface area (TPSA) is 111 Å². The number of nitrogens with one attached hydrogen (secondary N) is 3.